The Morgan fingerprint density at radius 1 is 1.18 bits per heavy atom. The summed E-state index contributed by atoms with van der Waals surface area (Å²) < 4.78 is 21.3. The molecule has 1 saturated carbocycles. The van der Waals surface area contributed by atoms with E-state index in [-0.39, 0.29) is 5.82 Å². The Morgan fingerprint density at radius 3 is 2.71 bits per heavy atom. The summed E-state index contributed by atoms with van der Waals surface area (Å²) >= 11 is 0. The maximum Gasteiger partial charge on any atom is 0.128 e. The number of methoxy groups -OCH3 is 1. The minimum Gasteiger partial charge on any atom is -0.389 e. The van der Waals surface area contributed by atoms with E-state index in [1.807, 2.05) is 24.4 Å². The number of nitrogens with zero attached hydrogens (tertiary/aromatic N) is 2. The van der Waals surface area contributed by atoms with Crippen LogP contribution >= 0.6 is 0 Å². The second-order valence-electron chi connectivity index (χ2n) is 8.03. The average Bonchev–Trinajstić information content (AvgIpc) is 3.11. The molecule has 0 bridgehead atoms. The summed E-state index contributed by atoms with van der Waals surface area (Å²) in [4.78, 5) is 2.34. The second kappa shape index (κ2) is 10.7. The van der Waals surface area contributed by atoms with E-state index in [1.165, 1.54) is 38.2 Å². The Labute approximate surface area is 167 Å². The van der Waals surface area contributed by atoms with Crippen LogP contribution in [0.25, 0.3) is 0 Å². The van der Waals surface area contributed by atoms with Gasteiger partial charge in [-0.15, -0.1) is 0 Å². The van der Waals surface area contributed by atoms with Gasteiger partial charge in [-0.1, -0.05) is 37.5 Å². The molecule has 1 fully saturated rings. The van der Waals surface area contributed by atoms with Crippen molar-refractivity contribution in [3.05, 3.63) is 59.7 Å². The Hall–Kier alpha value is -1.69. The summed E-state index contributed by atoms with van der Waals surface area (Å²) in [6.07, 6.45) is 8.01. The molecular formula is C23H33FN2O2. The molecule has 1 aromatic heterocycles. The van der Waals surface area contributed by atoms with Crippen LogP contribution in [-0.4, -0.2) is 47.5 Å². The van der Waals surface area contributed by atoms with Gasteiger partial charge in [0.05, 0.1) is 19.3 Å². The normalized spacial score (nSPS) is 16.6. The van der Waals surface area contributed by atoms with Crippen molar-refractivity contribution < 1.29 is 14.2 Å². The van der Waals surface area contributed by atoms with Gasteiger partial charge in [0.15, 0.2) is 0 Å². The summed E-state index contributed by atoms with van der Waals surface area (Å²) in [7, 11) is 1.62. The minimum absolute atomic E-state index is 0.170. The Kier molecular flexibility index (Phi) is 8.07. The zero-order valence-corrected chi connectivity index (χ0v) is 16.9. The van der Waals surface area contributed by atoms with Crippen molar-refractivity contribution in [2.24, 2.45) is 5.92 Å². The topological polar surface area (TPSA) is 37.6 Å². The number of halogens is 1. The first kappa shape index (κ1) is 21.0. The summed E-state index contributed by atoms with van der Waals surface area (Å²) in [5, 5.41) is 10.3. The molecule has 0 amide bonds. The highest BCUT2D eigenvalue weighted by molar-refractivity contribution is 5.19. The molecule has 28 heavy (non-hydrogen) atoms. The third kappa shape index (κ3) is 6.16. The third-order valence-corrected chi connectivity index (χ3v) is 5.68. The molecule has 2 aromatic rings. The monoisotopic (exact) mass is 388 g/mol. The molecule has 1 atom stereocenters. The van der Waals surface area contributed by atoms with Gasteiger partial charge >= 0.3 is 0 Å². The first-order chi connectivity index (χ1) is 13.7. The highest BCUT2D eigenvalue weighted by atomic mass is 19.1. The van der Waals surface area contributed by atoms with E-state index in [9.17, 15) is 9.50 Å². The van der Waals surface area contributed by atoms with E-state index >= 15 is 0 Å². The minimum atomic E-state index is -0.497. The van der Waals surface area contributed by atoms with E-state index in [2.05, 4.69) is 15.5 Å². The third-order valence-electron chi connectivity index (χ3n) is 5.68. The molecule has 3 rings (SSSR count). The van der Waals surface area contributed by atoms with Crippen molar-refractivity contribution in [2.45, 2.75) is 51.3 Å². The van der Waals surface area contributed by atoms with Crippen LogP contribution in [0.5, 0.6) is 0 Å². The number of hydrogen-bond acceptors (Lipinski definition) is 3. The summed E-state index contributed by atoms with van der Waals surface area (Å²) in [6.45, 7) is 3.20. The molecule has 5 heteroatoms. The largest absolute Gasteiger partial charge is 0.389 e. The number of hydrogen-bond donors (Lipinski definition) is 1. The molecule has 1 aliphatic carbocycles. The van der Waals surface area contributed by atoms with Gasteiger partial charge in [-0.25, -0.2) is 4.39 Å². The zero-order chi connectivity index (χ0) is 19.8. The van der Waals surface area contributed by atoms with E-state index in [0.29, 0.717) is 31.2 Å². The summed E-state index contributed by atoms with van der Waals surface area (Å²) in [6, 6.07) is 11.0. The fraction of sp³-hybridized carbons (Fsp3) is 0.565. The average molecular weight is 389 g/mol. The van der Waals surface area contributed by atoms with Crippen LogP contribution in [0.3, 0.4) is 0 Å². The lowest BCUT2D eigenvalue weighted by Crippen LogP contribution is -2.38. The van der Waals surface area contributed by atoms with Crippen LogP contribution in [-0.2, 0) is 17.8 Å². The second-order valence-corrected chi connectivity index (χ2v) is 8.03. The fourth-order valence-electron chi connectivity index (χ4n) is 4.27. The number of aromatic nitrogens is 1. The summed E-state index contributed by atoms with van der Waals surface area (Å²) in [5.74, 6) is 0.523. The van der Waals surface area contributed by atoms with Crippen LogP contribution in [0.2, 0.25) is 0 Å². The highest BCUT2D eigenvalue weighted by Crippen LogP contribution is 2.25. The first-order valence-corrected chi connectivity index (χ1v) is 10.4. The maximum absolute atomic E-state index is 14.1. The van der Waals surface area contributed by atoms with Gasteiger partial charge in [0.2, 0.25) is 0 Å². The lowest BCUT2D eigenvalue weighted by atomic mass is 9.89. The zero-order valence-electron chi connectivity index (χ0n) is 16.9. The highest BCUT2D eigenvalue weighted by Gasteiger charge is 2.20. The van der Waals surface area contributed by atoms with Crippen LogP contribution in [0.4, 0.5) is 4.39 Å². The first-order valence-electron chi connectivity index (χ1n) is 10.4. The Balaban J connectivity index is 1.69. The van der Waals surface area contributed by atoms with Crippen molar-refractivity contribution >= 4 is 0 Å². The number of aliphatic hydroxyl groups is 1. The van der Waals surface area contributed by atoms with Crippen LogP contribution < -0.4 is 0 Å². The number of aliphatic hydroxyl groups excluding tert-OH is 1. The van der Waals surface area contributed by atoms with Crippen molar-refractivity contribution in [3.63, 3.8) is 0 Å². The predicted octanol–water partition coefficient (Wildman–Crippen LogP) is 4.07. The van der Waals surface area contributed by atoms with Crippen LogP contribution in [0.1, 0.15) is 43.4 Å². The lowest BCUT2D eigenvalue weighted by molar-refractivity contribution is 0.0297. The molecule has 0 spiro atoms. The number of rotatable bonds is 10. The van der Waals surface area contributed by atoms with Crippen LogP contribution in [0, 0.1) is 11.7 Å². The van der Waals surface area contributed by atoms with Gasteiger partial charge in [0.1, 0.15) is 5.82 Å². The van der Waals surface area contributed by atoms with E-state index < -0.39 is 6.10 Å². The molecule has 1 aromatic carbocycles. The smallest absolute Gasteiger partial charge is 0.128 e. The van der Waals surface area contributed by atoms with Crippen molar-refractivity contribution in [3.8, 4) is 0 Å². The molecular weight excluding hydrogens is 355 g/mol. The Morgan fingerprint density at radius 2 is 1.96 bits per heavy atom. The molecule has 1 heterocycles. The fourth-order valence-corrected chi connectivity index (χ4v) is 4.27. The van der Waals surface area contributed by atoms with Gasteiger partial charge in [0, 0.05) is 44.2 Å². The number of ether oxygens (including phenoxy) is 1. The van der Waals surface area contributed by atoms with Crippen molar-refractivity contribution in [1.82, 2.24) is 9.47 Å². The van der Waals surface area contributed by atoms with Gasteiger partial charge in [0.25, 0.3) is 0 Å². The lowest BCUT2D eigenvalue weighted by Gasteiger charge is -2.31. The molecule has 154 valence electrons. The maximum atomic E-state index is 14.1. The molecule has 1 N–H and O–H groups in total. The molecule has 0 saturated heterocycles. The van der Waals surface area contributed by atoms with Crippen molar-refractivity contribution in [1.29, 1.82) is 0 Å². The van der Waals surface area contributed by atoms with Gasteiger partial charge in [-0.05, 0) is 37.0 Å². The van der Waals surface area contributed by atoms with Crippen molar-refractivity contribution in [2.75, 3.05) is 26.8 Å². The van der Waals surface area contributed by atoms with Gasteiger partial charge in [-0.3, -0.25) is 4.90 Å². The Bertz CT molecular complexity index is 712. The molecule has 1 aliphatic rings. The van der Waals surface area contributed by atoms with Gasteiger partial charge < -0.3 is 14.4 Å². The standard InChI is InChI=1S/C23H33FN2O2/c1-28-18-22(27)17-25(14-19-8-3-2-4-9-19)16-21-11-7-13-26(21)15-20-10-5-6-12-23(20)24/h5-7,10-13,19,22,27H,2-4,8-9,14-18H2,1H3/t22-/m0/s1. The quantitative estimate of drug-likeness (QED) is 0.667. The molecule has 0 unspecified atom stereocenters. The SMILES string of the molecule is COC[C@@H](O)CN(Cc1cccn1Cc1ccccc1F)CC1CCCCC1. The molecule has 0 aliphatic heterocycles. The van der Waals surface area contributed by atoms with E-state index in [0.717, 1.165) is 18.8 Å². The molecule has 4 nitrogen and oxygen atoms in total. The number of benzene rings is 1. The van der Waals surface area contributed by atoms with Crippen LogP contribution in [0.15, 0.2) is 42.6 Å². The van der Waals surface area contributed by atoms with Gasteiger partial charge in [-0.2, -0.15) is 0 Å². The predicted molar refractivity (Wildman–Crippen MR) is 110 cm³/mol. The van der Waals surface area contributed by atoms with E-state index in [4.69, 9.17) is 4.74 Å². The van der Waals surface area contributed by atoms with E-state index in [1.54, 1.807) is 13.2 Å². The molecule has 0 radical (unpaired) electrons. The summed E-state index contributed by atoms with van der Waals surface area (Å²) in [5.41, 5.74) is 1.84.